The summed E-state index contributed by atoms with van der Waals surface area (Å²) >= 11 is 13.4. The highest BCUT2D eigenvalue weighted by molar-refractivity contribution is 7.16. The minimum atomic E-state index is 0.277. The lowest BCUT2D eigenvalue weighted by Gasteiger charge is -2.05. The van der Waals surface area contributed by atoms with Crippen LogP contribution in [0.2, 0.25) is 10.0 Å². The number of rotatable bonds is 4. The van der Waals surface area contributed by atoms with Crippen molar-refractivity contribution < 1.29 is 9.15 Å². The Morgan fingerprint density at radius 3 is 2.88 bits per heavy atom. The molecule has 0 N–H and O–H groups in total. The maximum atomic E-state index is 6.10. The largest absolute Gasteiger partial charge is 0.485 e. The van der Waals surface area contributed by atoms with E-state index in [0.29, 0.717) is 26.6 Å². The number of aromatic nitrogens is 4. The molecule has 0 atom stereocenters. The van der Waals surface area contributed by atoms with E-state index in [0.717, 1.165) is 16.3 Å². The van der Waals surface area contributed by atoms with E-state index >= 15 is 0 Å². The molecule has 0 saturated carbocycles. The van der Waals surface area contributed by atoms with Crippen LogP contribution in [-0.2, 0) is 6.61 Å². The van der Waals surface area contributed by atoms with Crippen molar-refractivity contribution in [3.05, 3.63) is 51.3 Å². The maximum absolute atomic E-state index is 6.10. The molecule has 0 fully saturated rings. The number of fused-ring (bicyclic) bond motifs is 1. The molecule has 24 heavy (non-hydrogen) atoms. The molecular formula is C15H10Cl2N4O2S. The van der Waals surface area contributed by atoms with Gasteiger partial charge in [0.25, 0.3) is 0 Å². The first-order valence-corrected chi connectivity index (χ1v) is 8.52. The maximum Gasteiger partial charge on any atom is 0.235 e. The first-order valence-electron chi connectivity index (χ1n) is 6.95. The Kier molecular flexibility index (Phi) is 3.91. The third-order valence-electron chi connectivity index (χ3n) is 3.38. The van der Waals surface area contributed by atoms with E-state index in [1.807, 2.05) is 13.0 Å². The predicted octanol–water partition coefficient (Wildman–Crippen LogP) is 4.64. The molecule has 0 radical (unpaired) electrons. The minimum absolute atomic E-state index is 0.277. The van der Waals surface area contributed by atoms with E-state index in [2.05, 4.69) is 15.3 Å². The fourth-order valence-electron chi connectivity index (χ4n) is 2.23. The molecule has 3 heterocycles. The number of furan rings is 1. The highest BCUT2D eigenvalue weighted by atomic mass is 35.5. The van der Waals surface area contributed by atoms with Crippen LogP contribution in [0.25, 0.3) is 16.3 Å². The van der Waals surface area contributed by atoms with Gasteiger partial charge in [-0.05, 0) is 31.2 Å². The molecule has 6 nitrogen and oxygen atoms in total. The smallest absolute Gasteiger partial charge is 0.235 e. The van der Waals surface area contributed by atoms with Crippen molar-refractivity contribution in [2.45, 2.75) is 13.5 Å². The second-order valence-electron chi connectivity index (χ2n) is 4.97. The van der Waals surface area contributed by atoms with Crippen LogP contribution in [-0.4, -0.2) is 19.8 Å². The molecular weight excluding hydrogens is 371 g/mol. The molecule has 0 bridgehead atoms. The summed E-state index contributed by atoms with van der Waals surface area (Å²) in [5.74, 6) is 1.96. The Labute approximate surface area is 150 Å². The van der Waals surface area contributed by atoms with Gasteiger partial charge in [0.05, 0.1) is 16.8 Å². The minimum Gasteiger partial charge on any atom is -0.485 e. The lowest BCUT2D eigenvalue weighted by molar-refractivity contribution is 0.304. The van der Waals surface area contributed by atoms with Gasteiger partial charge >= 0.3 is 0 Å². The SMILES string of the molecule is Cc1occc1-c1nnc2sc(COc3ccc(Cl)cc3Cl)nn12. The van der Waals surface area contributed by atoms with E-state index in [1.54, 1.807) is 29.0 Å². The summed E-state index contributed by atoms with van der Waals surface area (Å²) in [5.41, 5.74) is 0.862. The second-order valence-corrected chi connectivity index (χ2v) is 6.85. The molecule has 4 aromatic rings. The van der Waals surface area contributed by atoms with Gasteiger partial charge in [-0.3, -0.25) is 0 Å². The number of nitrogens with zero attached hydrogens (tertiary/aromatic N) is 4. The topological polar surface area (TPSA) is 65.5 Å². The quantitative estimate of drug-likeness (QED) is 0.515. The van der Waals surface area contributed by atoms with Crippen LogP contribution in [0.1, 0.15) is 10.8 Å². The van der Waals surface area contributed by atoms with Crippen molar-refractivity contribution in [2.24, 2.45) is 0 Å². The van der Waals surface area contributed by atoms with Crippen LogP contribution in [0.4, 0.5) is 0 Å². The highest BCUT2D eigenvalue weighted by Gasteiger charge is 2.16. The molecule has 0 amide bonds. The molecule has 122 valence electrons. The number of hydrogen-bond donors (Lipinski definition) is 0. The van der Waals surface area contributed by atoms with Gasteiger partial charge in [0.2, 0.25) is 4.96 Å². The molecule has 0 unspecified atom stereocenters. The lowest BCUT2D eigenvalue weighted by Crippen LogP contribution is -1.98. The molecule has 0 aliphatic carbocycles. The van der Waals surface area contributed by atoms with Crippen LogP contribution in [0.15, 0.2) is 34.9 Å². The summed E-state index contributed by atoms with van der Waals surface area (Å²) in [6.07, 6.45) is 1.62. The predicted molar refractivity (Wildman–Crippen MR) is 91.9 cm³/mol. The van der Waals surface area contributed by atoms with Gasteiger partial charge in [-0.15, -0.1) is 10.2 Å². The first kappa shape index (κ1) is 15.4. The summed E-state index contributed by atoms with van der Waals surface area (Å²) in [6.45, 7) is 2.15. The van der Waals surface area contributed by atoms with Gasteiger partial charge in [-0.2, -0.15) is 9.61 Å². The van der Waals surface area contributed by atoms with E-state index in [1.165, 1.54) is 11.3 Å². The van der Waals surface area contributed by atoms with Crippen molar-refractivity contribution >= 4 is 39.5 Å². The molecule has 0 spiro atoms. The van der Waals surface area contributed by atoms with Crippen LogP contribution in [0.5, 0.6) is 5.75 Å². The normalized spacial score (nSPS) is 11.3. The van der Waals surface area contributed by atoms with Crippen molar-refractivity contribution in [3.8, 4) is 17.1 Å². The standard InChI is InChI=1S/C15H10Cl2N4O2S/c1-8-10(4-5-22-8)14-18-19-15-21(14)20-13(24-15)7-23-12-3-2-9(16)6-11(12)17/h2-6H,7H2,1H3. The van der Waals surface area contributed by atoms with Gasteiger partial charge in [-0.25, -0.2) is 0 Å². The molecule has 1 aromatic carbocycles. The zero-order chi connectivity index (χ0) is 16.7. The van der Waals surface area contributed by atoms with E-state index in [9.17, 15) is 0 Å². The van der Waals surface area contributed by atoms with Gasteiger partial charge in [-0.1, -0.05) is 34.5 Å². The van der Waals surface area contributed by atoms with Gasteiger partial charge in [0, 0.05) is 5.02 Å². The monoisotopic (exact) mass is 380 g/mol. The second kappa shape index (κ2) is 6.08. The summed E-state index contributed by atoms with van der Waals surface area (Å²) < 4.78 is 12.7. The number of halogens is 2. The van der Waals surface area contributed by atoms with E-state index in [4.69, 9.17) is 32.4 Å². The number of benzene rings is 1. The summed E-state index contributed by atoms with van der Waals surface area (Å²) in [4.78, 5) is 0.686. The van der Waals surface area contributed by atoms with Crippen molar-refractivity contribution in [3.63, 3.8) is 0 Å². The van der Waals surface area contributed by atoms with Crippen LogP contribution in [0.3, 0.4) is 0 Å². The Hall–Kier alpha value is -2.09. The third-order valence-corrected chi connectivity index (χ3v) is 4.78. The number of aryl methyl sites for hydroxylation is 1. The zero-order valence-electron chi connectivity index (χ0n) is 12.4. The van der Waals surface area contributed by atoms with Crippen molar-refractivity contribution in [1.29, 1.82) is 0 Å². The summed E-state index contributed by atoms with van der Waals surface area (Å²) in [6, 6.07) is 6.93. The Morgan fingerprint density at radius 1 is 1.25 bits per heavy atom. The third kappa shape index (κ3) is 2.75. The Balaban J connectivity index is 1.60. The average Bonchev–Trinajstić information content (AvgIpc) is 3.22. The highest BCUT2D eigenvalue weighted by Crippen LogP contribution is 2.29. The Bertz CT molecular complexity index is 1020. The van der Waals surface area contributed by atoms with Gasteiger partial charge < -0.3 is 9.15 Å². The van der Waals surface area contributed by atoms with E-state index < -0.39 is 0 Å². The van der Waals surface area contributed by atoms with Gasteiger partial charge in [0.1, 0.15) is 18.1 Å². The van der Waals surface area contributed by atoms with Crippen LogP contribution >= 0.6 is 34.5 Å². The van der Waals surface area contributed by atoms with Crippen molar-refractivity contribution in [2.75, 3.05) is 0 Å². The molecule has 0 aliphatic rings. The fourth-order valence-corrected chi connectivity index (χ4v) is 3.44. The molecule has 9 heteroatoms. The summed E-state index contributed by atoms with van der Waals surface area (Å²) in [5, 5.41) is 14.6. The van der Waals surface area contributed by atoms with Crippen molar-refractivity contribution in [1.82, 2.24) is 19.8 Å². The van der Waals surface area contributed by atoms with E-state index in [-0.39, 0.29) is 6.61 Å². The first-order chi connectivity index (χ1) is 11.6. The number of ether oxygens (including phenoxy) is 1. The van der Waals surface area contributed by atoms with Gasteiger partial charge in [0.15, 0.2) is 10.8 Å². The molecule has 3 aromatic heterocycles. The Morgan fingerprint density at radius 2 is 2.12 bits per heavy atom. The summed E-state index contributed by atoms with van der Waals surface area (Å²) in [7, 11) is 0. The van der Waals surface area contributed by atoms with Crippen LogP contribution in [0, 0.1) is 6.92 Å². The average molecular weight is 381 g/mol. The zero-order valence-corrected chi connectivity index (χ0v) is 14.7. The molecule has 4 rings (SSSR count). The lowest BCUT2D eigenvalue weighted by atomic mass is 10.2. The van der Waals surface area contributed by atoms with Crippen LogP contribution < -0.4 is 4.74 Å². The number of hydrogen-bond acceptors (Lipinski definition) is 6. The fraction of sp³-hybridized carbons (Fsp3) is 0.133. The molecule has 0 aliphatic heterocycles. The molecule has 0 saturated heterocycles.